The van der Waals surface area contributed by atoms with E-state index in [0.717, 1.165) is 20.4 Å². The van der Waals surface area contributed by atoms with E-state index in [1.54, 1.807) is 30.5 Å². The number of halogens is 1. The standard InChI is InChI=1S/C25H25IN2O4/c1-3-30-21-12-10-20(11-13-21)25(29)28-27-16-19-14-22(26)24(23(15-19)31-4-2)32-17-18-8-6-5-7-9-18/h5-16H,3-4,17H2,1-2H3,(H,28,29)/b27-16-. The topological polar surface area (TPSA) is 69.2 Å². The van der Waals surface area contributed by atoms with Crippen LogP contribution in [0.25, 0.3) is 0 Å². The summed E-state index contributed by atoms with van der Waals surface area (Å²) in [6.45, 7) is 5.37. The molecule has 166 valence electrons. The highest BCUT2D eigenvalue weighted by molar-refractivity contribution is 14.1. The normalized spacial score (nSPS) is 10.7. The first-order chi connectivity index (χ1) is 15.6. The van der Waals surface area contributed by atoms with Crippen molar-refractivity contribution in [2.75, 3.05) is 13.2 Å². The summed E-state index contributed by atoms with van der Waals surface area (Å²) in [7, 11) is 0. The van der Waals surface area contributed by atoms with Gasteiger partial charge in [-0.1, -0.05) is 30.3 Å². The molecule has 3 aromatic rings. The third-order valence-corrected chi connectivity index (χ3v) is 5.17. The number of hydrazone groups is 1. The number of hydrogen-bond donors (Lipinski definition) is 1. The molecule has 0 bridgehead atoms. The van der Waals surface area contributed by atoms with Gasteiger partial charge in [-0.15, -0.1) is 0 Å². The first-order valence-electron chi connectivity index (χ1n) is 10.3. The molecule has 0 heterocycles. The molecule has 32 heavy (non-hydrogen) atoms. The molecular weight excluding hydrogens is 519 g/mol. The largest absolute Gasteiger partial charge is 0.494 e. The average Bonchev–Trinajstić information content (AvgIpc) is 2.80. The second-order valence-electron chi connectivity index (χ2n) is 6.69. The zero-order valence-electron chi connectivity index (χ0n) is 18.0. The molecule has 0 radical (unpaired) electrons. The Kier molecular flexibility index (Phi) is 8.91. The van der Waals surface area contributed by atoms with Crippen molar-refractivity contribution in [1.29, 1.82) is 0 Å². The quantitative estimate of drug-likeness (QED) is 0.210. The Bertz CT molecular complexity index is 1050. The Labute approximate surface area is 201 Å². The van der Waals surface area contributed by atoms with Crippen LogP contribution in [0.2, 0.25) is 0 Å². The van der Waals surface area contributed by atoms with Crippen molar-refractivity contribution in [3.8, 4) is 17.2 Å². The van der Waals surface area contributed by atoms with Crippen molar-refractivity contribution >= 4 is 34.7 Å². The zero-order valence-corrected chi connectivity index (χ0v) is 20.2. The van der Waals surface area contributed by atoms with Crippen LogP contribution in [0.15, 0.2) is 71.8 Å². The monoisotopic (exact) mass is 544 g/mol. The molecule has 0 aliphatic heterocycles. The minimum atomic E-state index is -0.299. The van der Waals surface area contributed by atoms with Gasteiger partial charge in [0.15, 0.2) is 11.5 Å². The second kappa shape index (κ2) is 12.1. The highest BCUT2D eigenvalue weighted by atomic mass is 127. The molecule has 7 heteroatoms. The molecular formula is C25H25IN2O4. The maximum absolute atomic E-state index is 12.3. The molecule has 0 spiro atoms. The van der Waals surface area contributed by atoms with Crippen molar-refractivity contribution in [3.63, 3.8) is 0 Å². The van der Waals surface area contributed by atoms with Crippen molar-refractivity contribution in [3.05, 3.63) is 87.0 Å². The lowest BCUT2D eigenvalue weighted by Gasteiger charge is -2.14. The lowest BCUT2D eigenvalue weighted by atomic mass is 10.2. The summed E-state index contributed by atoms with van der Waals surface area (Å²) >= 11 is 2.21. The fraction of sp³-hybridized carbons (Fsp3) is 0.200. The number of amides is 1. The van der Waals surface area contributed by atoms with Crippen LogP contribution in [-0.4, -0.2) is 25.3 Å². The fourth-order valence-electron chi connectivity index (χ4n) is 2.89. The van der Waals surface area contributed by atoms with Gasteiger partial charge in [-0.3, -0.25) is 4.79 Å². The number of benzene rings is 3. The van der Waals surface area contributed by atoms with Crippen molar-refractivity contribution in [2.45, 2.75) is 20.5 Å². The molecule has 0 unspecified atom stereocenters. The van der Waals surface area contributed by atoms with Gasteiger partial charge in [-0.25, -0.2) is 5.43 Å². The predicted octanol–water partition coefficient (Wildman–Crippen LogP) is 5.43. The number of carbonyl (C=O) groups is 1. The molecule has 0 aromatic heterocycles. The summed E-state index contributed by atoms with van der Waals surface area (Å²) in [5.41, 5.74) is 4.91. The number of nitrogens with one attached hydrogen (secondary N) is 1. The summed E-state index contributed by atoms with van der Waals surface area (Å²) < 4.78 is 18.1. The van der Waals surface area contributed by atoms with Crippen LogP contribution in [0.1, 0.15) is 35.3 Å². The molecule has 0 aliphatic rings. The Balaban J connectivity index is 1.67. The molecule has 0 atom stereocenters. The number of carbonyl (C=O) groups excluding carboxylic acids is 1. The first-order valence-corrected chi connectivity index (χ1v) is 11.4. The Morgan fingerprint density at radius 2 is 1.69 bits per heavy atom. The molecule has 3 rings (SSSR count). The number of nitrogens with zero attached hydrogens (tertiary/aromatic N) is 1. The van der Waals surface area contributed by atoms with Crippen molar-refractivity contribution in [1.82, 2.24) is 5.43 Å². The van der Waals surface area contributed by atoms with Gasteiger partial charge in [-0.05, 0) is 84.0 Å². The smallest absolute Gasteiger partial charge is 0.271 e. The molecule has 0 fully saturated rings. The Morgan fingerprint density at radius 3 is 2.38 bits per heavy atom. The van der Waals surface area contributed by atoms with Crippen molar-refractivity contribution < 1.29 is 19.0 Å². The minimum absolute atomic E-state index is 0.299. The van der Waals surface area contributed by atoms with E-state index in [1.165, 1.54) is 0 Å². The third kappa shape index (κ3) is 6.71. The van der Waals surface area contributed by atoms with Gasteiger partial charge in [0, 0.05) is 5.56 Å². The van der Waals surface area contributed by atoms with Crippen LogP contribution in [0, 0.1) is 3.57 Å². The molecule has 0 saturated heterocycles. The van der Waals surface area contributed by atoms with E-state index in [-0.39, 0.29) is 5.91 Å². The Hall–Kier alpha value is -3.07. The SMILES string of the molecule is CCOc1ccc(C(=O)N/N=C\c2cc(I)c(OCc3ccccc3)c(OCC)c2)cc1. The number of hydrogen-bond acceptors (Lipinski definition) is 5. The maximum Gasteiger partial charge on any atom is 0.271 e. The van der Waals surface area contributed by atoms with Crippen molar-refractivity contribution in [2.24, 2.45) is 5.10 Å². The summed E-state index contributed by atoms with van der Waals surface area (Å²) in [5.74, 6) is 1.74. The van der Waals surface area contributed by atoms with E-state index < -0.39 is 0 Å². The molecule has 0 saturated carbocycles. The Morgan fingerprint density at radius 1 is 0.969 bits per heavy atom. The first kappa shape index (κ1) is 23.6. The van der Waals surface area contributed by atoms with E-state index in [0.29, 0.717) is 36.9 Å². The molecule has 0 aliphatic carbocycles. The lowest BCUT2D eigenvalue weighted by Crippen LogP contribution is -2.17. The van der Waals surface area contributed by atoms with E-state index in [2.05, 4.69) is 33.1 Å². The molecule has 1 N–H and O–H groups in total. The molecule has 1 amide bonds. The van der Waals surface area contributed by atoms with Gasteiger partial charge < -0.3 is 14.2 Å². The fourth-order valence-corrected chi connectivity index (χ4v) is 3.68. The van der Waals surface area contributed by atoms with Crippen LogP contribution in [-0.2, 0) is 6.61 Å². The van der Waals surface area contributed by atoms with Crippen LogP contribution < -0.4 is 19.6 Å². The third-order valence-electron chi connectivity index (χ3n) is 4.36. The highest BCUT2D eigenvalue weighted by Crippen LogP contribution is 2.34. The van der Waals surface area contributed by atoms with Gasteiger partial charge in [0.1, 0.15) is 12.4 Å². The van der Waals surface area contributed by atoms with E-state index in [1.807, 2.05) is 56.3 Å². The van der Waals surface area contributed by atoms with Gasteiger partial charge in [0.2, 0.25) is 0 Å². The second-order valence-corrected chi connectivity index (χ2v) is 7.86. The average molecular weight is 544 g/mol. The minimum Gasteiger partial charge on any atom is -0.494 e. The van der Waals surface area contributed by atoms with E-state index in [9.17, 15) is 4.79 Å². The summed E-state index contributed by atoms with van der Waals surface area (Å²) in [4.78, 5) is 12.3. The molecule has 3 aromatic carbocycles. The molecule has 6 nitrogen and oxygen atoms in total. The van der Waals surface area contributed by atoms with Gasteiger partial charge >= 0.3 is 0 Å². The summed E-state index contributed by atoms with van der Waals surface area (Å²) in [6.07, 6.45) is 1.58. The zero-order chi connectivity index (χ0) is 22.8. The van der Waals surface area contributed by atoms with Crippen LogP contribution in [0.3, 0.4) is 0 Å². The van der Waals surface area contributed by atoms with E-state index >= 15 is 0 Å². The van der Waals surface area contributed by atoms with Crippen LogP contribution in [0.5, 0.6) is 17.2 Å². The van der Waals surface area contributed by atoms with Gasteiger partial charge in [0.25, 0.3) is 5.91 Å². The summed E-state index contributed by atoms with van der Waals surface area (Å²) in [6, 6.07) is 20.6. The number of ether oxygens (including phenoxy) is 3. The van der Waals surface area contributed by atoms with Crippen LogP contribution in [0.4, 0.5) is 0 Å². The van der Waals surface area contributed by atoms with Crippen LogP contribution >= 0.6 is 22.6 Å². The van der Waals surface area contributed by atoms with E-state index in [4.69, 9.17) is 14.2 Å². The van der Waals surface area contributed by atoms with Gasteiger partial charge in [-0.2, -0.15) is 5.10 Å². The predicted molar refractivity (Wildman–Crippen MR) is 134 cm³/mol. The lowest BCUT2D eigenvalue weighted by molar-refractivity contribution is 0.0955. The van der Waals surface area contributed by atoms with Gasteiger partial charge in [0.05, 0.1) is 23.0 Å². The maximum atomic E-state index is 12.3. The highest BCUT2D eigenvalue weighted by Gasteiger charge is 2.12. The summed E-state index contributed by atoms with van der Waals surface area (Å²) in [5, 5.41) is 4.09. The number of rotatable bonds is 10.